The number of sulfonamides is 1. The SMILES string of the molecule is C[I-]NCC(Cc1ccc(S(N)(=O)=O)cc1)C(C)C. The zero-order valence-corrected chi connectivity index (χ0v) is 14.5. The van der Waals surface area contributed by atoms with Gasteiger partial charge in [-0.15, -0.1) is 0 Å². The van der Waals surface area contributed by atoms with Crippen molar-refractivity contribution in [2.75, 3.05) is 11.5 Å². The Morgan fingerprint density at radius 1 is 1.26 bits per heavy atom. The number of rotatable bonds is 7. The van der Waals surface area contributed by atoms with Crippen LogP contribution in [0.3, 0.4) is 0 Å². The molecule has 1 aromatic rings. The van der Waals surface area contributed by atoms with Gasteiger partial charge in [-0.3, -0.25) is 0 Å². The van der Waals surface area contributed by atoms with E-state index in [1.807, 2.05) is 12.1 Å². The van der Waals surface area contributed by atoms with E-state index in [0.29, 0.717) is 11.8 Å². The summed E-state index contributed by atoms with van der Waals surface area (Å²) >= 11 is 0.105. The predicted molar refractivity (Wildman–Crippen MR) is 73.8 cm³/mol. The van der Waals surface area contributed by atoms with Crippen molar-refractivity contribution in [3.63, 3.8) is 0 Å². The topological polar surface area (TPSA) is 72.2 Å². The second kappa shape index (κ2) is 7.56. The Kier molecular flexibility index (Phi) is 6.72. The third-order valence-electron chi connectivity index (χ3n) is 3.17. The number of nitrogens with two attached hydrogens (primary N) is 1. The van der Waals surface area contributed by atoms with Crippen LogP contribution in [0.5, 0.6) is 0 Å². The first-order chi connectivity index (χ1) is 8.84. The predicted octanol–water partition coefficient (Wildman–Crippen LogP) is -1.63. The zero-order valence-electron chi connectivity index (χ0n) is 11.6. The minimum absolute atomic E-state index is 0.105. The van der Waals surface area contributed by atoms with Gasteiger partial charge in [-0.2, -0.15) is 0 Å². The van der Waals surface area contributed by atoms with E-state index in [1.165, 1.54) is 0 Å². The van der Waals surface area contributed by atoms with Crippen molar-refractivity contribution in [2.24, 2.45) is 17.0 Å². The van der Waals surface area contributed by atoms with Gasteiger partial charge in [0.25, 0.3) is 0 Å². The summed E-state index contributed by atoms with van der Waals surface area (Å²) in [5, 5.41) is 5.09. The molecule has 0 fully saturated rings. The maximum absolute atomic E-state index is 11.2. The zero-order chi connectivity index (χ0) is 14.5. The van der Waals surface area contributed by atoms with E-state index in [-0.39, 0.29) is 26.4 Å². The fraction of sp³-hybridized carbons (Fsp3) is 0.538. The summed E-state index contributed by atoms with van der Waals surface area (Å²) in [6.07, 6.45) is 0.958. The molecule has 6 heteroatoms. The van der Waals surface area contributed by atoms with Gasteiger partial charge in [-0.1, -0.05) is 0 Å². The first kappa shape index (κ1) is 16.9. The molecule has 0 bridgehead atoms. The van der Waals surface area contributed by atoms with E-state index in [4.69, 9.17) is 5.14 Å². The number of nitrogens with one attached hydrogen (secondary N) is 1. The molecule has 3 N–H and O–H groups in total. The Bertz CT molecular complexity index is 486. The van der Waals surface area contributed by atoms with E-state index in [9.17, 15) is 8.42 Å². The van der Waals surface area contributed by atoms with Gasteiger partial charge in [0.1, 0.15) is 0 Å². The van der Waals surface area contributed by atoms with Gasteiger partial charge in [-0.05, 0) is 0 Å². The van der Waals surface area contributed by atoms with Crippen molar-refractivity contribution in [2.45, 2.75) is 25.2 Å². The van der Waals surface area contributed by atoms with E-state index in [1.54, 1.807) is 12.1 Å². The summed E-state index contributed by atoms with van der Waals surface area (Å²) in [6.45, 7) is 5.47. The Morgan fingerprint density at radius 3 is 2.26 bits per heavy atom. The van der Waals surface area contributed by atoms with Crippen LogP contribution in [0.4, 0.5) is 0 Å². The van der Waals surface area contributed by atoms with E-state index >= 15 is 0 Å². The van der Waals surface area contributed by atoms with Gasteiger partial charge in [0.15, 0.2) is 0 Å². The standard InChI is InChI=1S/C13H22IN2O2S/c1-10(2)12(9-16-14-3)8-11-4-6-13(7-5-11)19(15,17)18/h4-7,10,12,16H,8-9H2,1-3H3,(H2,15,17,18)/q-1. The molecular weight excluding hydrogens is 375 g/mol. The van der Waals surface area contributed by atoms with Crippen LogP contribution in [0.2, 0.25) is 0 Å². The Balaban J connectivity index is 2.75. The van der Waals surface area contributed by atoms with Crippen LogP contribution < -0.4 is 30.1 Å². The molecule has 1 atom stereocenters. The van der Waals surface area contributed by atoms with E-state index in [0.717, 1.165) is 18.5 Å². The Labute approximate surface area is 126 Å². The molecule has 4 nitrogen and oxygen atoms in total. The molecule has 0 saturated carbocycles. The average Bonchev–Trinajstić information content (AvgIpc) is 2.33. The summed E-state index contributed by atoms with van der Waals surface area (Å²) in [4.78, 5) is 2.38. The third-order valence-corrected chi connectivity index (χ3v) is 5.30. The second-order valence-corrected chi connectivity index (χ2v) is 8.33. The normalized spacial score (nSPS) is 13.9. The molecule has 1 aromatic carbocycles. The van der Waals surface area contributed by atoms with Gasteiger partial charge in [0.2, 0.25) is 0 Å². The molecule has 0 amide bonds. The number of halogens is 1. The van der Waals surface area contributed by atoms with Crippen molar-refractivity contribution in [1.29, 1.82) is 0 Å². The quantitative estimate of drug-likeness (QED) is 0.330. The van der Waals surface area contributed by atoms with Gasteiger partial charge in [0.05, 0.1) is 0 Å². The number of alkyl halides is 1. The van der Waals surface area contributed by atoms with E-state index in [2.05, 4.69) is 22.3 Å². The van der Waals surface area contributed by atoms with Crippen LogP contribution >= 0.6 is 0 Å². The summed E-state index contributed by atoms with van der Waals surface area (Å²) < 4.78 is 25.9. The van der Waals surface area contributed by atoms with Crippen molar-refractivity contribution in [3.8, 4) is 0 Å². The van der Waals surface area contributed by atoms with Gasteiger partial charge in [-0.25, -0.2) is 0 Å². The molecule has 0 aliphatic carbocycles. The van der Waals surface area contributed by atoms with Gasteiger partial charge in [0, 0.05) is 0 Å². The molecule has 1 unspecified atom stereocenters. The summed E-state index contributed by atoms with van der Waals surface area (Å²) in [5.41, 5.74) is 1.15. The molecule has 0 saturated heterocycles. The molecule has 110 valence electrons. The number of primary sulfonamides is 1. The van der Waals surface area contributed by atoms with Gasteiger partial charge < -0.3 is 0 Å². The van der Waals surface area contributed by atoms with Crippen molar-refractivity contribution in [3.05, 3.63) is 29.8 Å². The van der Waals surface area contributed by atoms with Crippen molar-refractivity contribution in [1.82, 2.24) is 3.53 Å². The summed E-state index contributed by atoms with van der Waals surface area (Å²) in [6, 6.07) is 6.89. The summed E-state index contributed by atoms with van der Waals surface area (Å²) in [7, 11) is -3.59. The molecule has 0 aromatic heterocycles. The van der Waals surface area contributed by atoms with Crippen LogP contribution in [0.1, 0.15) is 19.4 Å². The molecule has 19 heavy (non-hydrogen) atoms. The van der Waals surface area contributed by atoms with Crippen molar-refractivity contribution >= 4 is 10.0 Å². The Morgan fingerprint density at radius 2 is 1.84 bits per heavy atom. The second-order valence-electron chi connectivity index (χ2n) is 4.92. The van der Waals surface area contributed by atoms with E-state index < -0.39 is 10.0 Å². The third kappa shape index (κ3) is 5.76. The minimum atomic E-state index is -3.59. The molecule has 0 aliphatic rings. The van der Waals surface area contributed by atoms with Crippen molar-refractivity contribution < 1.29 is 29.9 Å². The maximum atomic E-state index is 11.2. The fourth-order valence-electron chi connectivity index (χ4n) is 1.84. The molecule has 0 spiro atoms. The first-order valence-electron chi connectivity index (χ1n) is 6.17. The van der Waals surface area contributed by atoms with Crippen LogP contribution in [-0.2, 0) is 16.4 Å². The summed E-state index contributed by atoms with van der Waals surface area (Å²) in [5.74, 6) is 1.17. The van der Waals surface area contributed by atoms with Crippen LogP contribution in [0, 0.1) is 11.8 Å². The monoisotopic (exact) mass is 397 g/mol. The molecular formula is C13H22IN2O2S-. The van der Waals surface area contributed by atoms with Crippen LogP contribution in [-0.4, -0.2) is 19.9 Å². The van der Waals surface area contributed by atoms with Crippen LogP contribution in [0.25, 0.3) is 0 Å². The fourth-order valence-corrected chi connectivity index (χ4v) is 3.36. The Hall–Kier alpha value is -0.180. The average molecular weight is 397 g/mol. The number of hydrogen-bond donors (Lipinski definition) is 2. The van der Waals surface area contributed by atoms with Gasteiger partial charge >= 0.3 is 127 Å². The number of hydrogen-bond acceptors (Lipinski definition) is 3. The molecule has 1 rings (SSSR count). The molecule has 0 radical (unpaired) electrons. The molecule has 0 aliphatic heterocycles. The molecule has 0 heterocycles. The number of benzene rings is 1. The first-order valence-corrected chi connectivity index (χ1v) is 11.0. The van der Waals surface area contributed by atoms with Crippen LogP contribution in [0.15, 0.2) is 29.2 Å².